The molecule has 2 atom stereocenters. The Morgan fingerprint density at radius 1 is 1.04 bits per heavy atom. The maximum Gasteiger partial charge on any atom is 0.274 e. The zero-order valence-electron chi connectivity index (χ0n) is 12.8. The van der Waals surface area contributed by atoms with Gasteiger partial charge in [-0.15, -0.1) is 0 Å². The molecule has 0 bridgehead atoms. The van der Waals surface area contributed by atoms with Gasteiger partial charge >= 0.3 is 0 Å². The minimum atomic E-state index is -3.69. The molecule has 24 heavy (non-hydrogen) atoms. The van der Waals surface area contributed by atoms with Crippen LogP contribution in [0.1, 0.15) is 11.6 Å². The molecule has 1 heterocycles. The predicted molar refractivity (Wildman–Crippen MR) is 89.4 cm³/mol. The van der Waals surface area contributed by atoms with Crippen LogP contribution in [0.5, 0.6) is 0 Å². The van der Waals surface area contributed by atoms with E-state index in [9.17, 15) is 17.6 Å². The number of benzene rings is 2. The maximum absolute atomic E-state index is 13.2. The number of hydrogen-bond donors (Lipinski definition) is 1. The van der Waals surface area contributed by atoms with Gasteiger partial charge < -0.3 is 0 Å². The number of amides is 1. The lowest BCUT2D eigenvalue weighted by molar-refractivity contribution is -0.112. The average molecular weight is 346 g/mol. The van der Waals surface area contributed by atoms with Crippen molar-refractivity contribution in [1.29, 1.82) is 5.41 Å². The molecule has 3 rings (SSSR count). The predicted octanol–water partition coefficient (Wildman–Crippen LogP) is 2.35. The van der Waals surface area contributed by atoms with Crippen LogP contribution in [-0.4, -0.2) is 31.5 Å². The van der Waals surface area contributed by atoms with Crippen LogP contribution in [0.2, 0.25) is 0 Å². The Morgan fingerprint density at radius 3 is 2.17 bits per heavy atom. The van der Waals surface area contributed by atoms with Crippen LogP contribution in [0.25, 0.3) is 0 Å². The Bertz CT molecular complexity index is 895. The van der Waals surface area contributed by atoms with E-state index in [4.69, 9.17) is 5.41 Å². The fraction of sp³-hybridized carbons (Fsp3) is 0.176. The fourth-order valence-electron chi connectivity index (χ4n) is 2.97. The number of nitrogens with one attached hydrogen (secondary N) is 1. The topological polar surface area (TPSA) is 78.3 Å². The average Bonchev–Trinajstić information content (AvgIpc) is 2.81. The summed E-state index contributed by atoms with van der Waals surface area (Å²) >= 11 is 0. The Kier molecular flexibility index (Phi) is 3.96. The molecule has 124 valence electrons. The first-order chi connectivity index (χ1) is 11.3. The summed E-state index contributed by atoms with van der Waals surface area (Å²) < 4.78 is 37.6. The van der Waals surface area contributed by atoms with E-state index in [0.29, 0.717) is 11.3 Å². The Morgan fingerprint density at radius 2 is 1.62 bits per heavy atom. The Balaban J connectivity index is 2.20. The SMILES string of the molecule is CS(=O)(=O)[C@@H]1C(=N)C(=O)N(c2ccc(F)cc2)[C@@H]1c1ccccc1. The van der Waals surface area contributed by atoms with E-state index in [1.54, 1.807) is 30.3 Å². The molecule has 1 saturated heterocycles. The number of hydrogen-bond acceptors (Lipinski definition) is 4. The van der Waals surface area contributed by atoms with E-state index in [1.165, 1.54) is 29.2 Å². The standard InChI is InChI=1S/C17H15FN2O3S/c1-24(22,23)16-14(19)17(21)20(13-9-7-12(18)8-10-13)15(16)11-5-3-2-4-6-11/h2-10,15-16,19H,1H3/t15-,16-/m1/s1. The van der Waals surface area contributed by atoms with Gasteiger partial charge in [0, 0.05) is 11.9 Å². The molecule has 2 aromatic rings. The molecule has 2 aromatic carbocycles. The van der Waals surface area contributed by atoms with Gasteiger partial charge in [0.2, 0.25) is 0 Å². The third-order valence-electron chi connectivity index (χ3n) is 4.01. The monoisotopic (exact) mass is 346 g/mol. The second-order valence-corrected chi connectivity index (χ2v) is 7.84. The normalized spacial score (nSPS) is 21.3. The molecule has 0 radical (unpaired) electrons. The summed E-state index contributed by atoms with van der Waals surface area (Å²) in [6.07, 6.45) is 1.02. The minimum Gasteiger partial charge on any atom is -0.298 e. The van der Waals surface area contributed by atoms with Crippen molar-refractivity contribution in [2.24, 2.45) is 0 Å². The highest BCUT2D eigenvalue weighted by Gasteiger charge is 2.51. The second-order valence-electron chi connectivity index (χ2n) is 5.67. The zero-order chi connectivity index (χ0) is 17.5. The number of carbonyl (C=O) groups is 1. The molecule has 0 spiro atoms. The van der Waals surface area contributed by atoms with Crippen LogP contribution in [0.3, 0.4) is 0 Å². The van der Waals surface area contributed by atoms with Crippen molar-refractivity contribution in [2.75, 3.05) is 11.2 Å². The first kappa shape index (κ1) is 16.3. The van der Waals surface area contributed by atoms with Gasteiger partial charge in [-0.25, -0.2) is 12.8 Å². The third-order valence-corrected chi connectivity index (χ3v) is 5.42. The van der Waals surface area contributed by atoms with Crippen LogP contribution < -0.4 is 4.90 Å². The van der Waals surface area contributed by atoms with Crippen molar-refractivity contribution in [2.45, 2.75) is 11.3 Å². The highest BCUT2D eigenvalue weighted by Crippen LogP contribution is 2.38. The van der Waals surface area contributed by atoms with Gasteiger partial charge in [0.15, 0.2) is 9.84 Å². The van der Waals surface area contributed by atoms with E-state index >= 15 is 0 Å². The van der Waals surface area contributed by atoms with Crippen molar-refractivity contribution in [1.82, 2.24) is 0 Å². The summed E-state index contributed by atoms with van der Waals surface area (Å²) in [4.78, 5) is 13.8. The molecule has 5 nitrogen and oxygen atoms in total. The first-order valence-electron chi connectivity index (χ1n) is 7.22. The summed E-state index contributed by atoms with van der Waals surface area (Å²) in [5.74, 6) is -1.15. The number of sulfone groups is 1. The van der Waals surface area contributed by atoms with Crippen molar-refractivity contribution >= 4 is 27.1 Å². The zero-order valence-corrected chi connectivity index (χ0v) is 13.6. The molecule has 0 saturated carbocycles. The van der Waals surface area contributed by atoms with E-state index in [2.05, 4.69) is 0 Å². The van der Waals surface area contributed by atoms with Crippen LogP contribution in [0.4, 0.5) is 10.1 Å². The second kappa shape index (κ2) is 5.83. The minimum absolute atomic E-state index is 0.353. The molecule has 0 aromatic heterocycles. The quantitative estimate of drug-likeness (QED) is 0.926. The molecule has 0 unspecified atom stereocenters. The number of rotatable bonds is 3. The lowest BCUT2D eigenvalue weighted by Gasteiger charge is -2.27. The van der Waals surface area contributed by atoms with Crippen LogP contribution in [0, 0.1) is 11.2 Å². The molecule has 1 fully saturated rings. The Hall–Kier alpha value is -2.54. The van der Waals surface area contributed by atoms with Crippen molar-refractivity contribution in [3.63, 3.8) is 0 Å². The summed E-state index contributed by atoms with van der Waals surface area (Å²) in [5, 5.41) is 6.76. The largest absolute Gasteiger partial charge is 0.298 e. The van der Waals surface area contributed by atoms with Crippen molar-refractivity contribution < 1.29 is 17.6 Å². The first-order valence-corrected chi connectivity index (χ1v) is 9.17. The summed E-state index contributed by atoms with van der Waals surface area (Å²) in [7, 11) is -3.69. The van der Waals surface area contributed by atoms with Crippen molar-refractivity contribution in [3.05, 3.63) is 66.0 Å². The fourth-order valence-corrected chi connectivity index (χ4v) is 4.25. The molecule has 0 aliphatic carbocycles. The number of carbonyl (C=O) groups excluding carboxylic acids is 1. The van der Waals surface area contributed by atoms with Gasteiger partial charge in [-0.3, -0.25) is 15.1 Å². The van der Waals surface area contributed by atoms with Crippen molar-refractivity contribution in [3.8, 4) is 0 Å². The molecule has 1 amide bonds. The molecule has 1 N–H and O–H groups in total. The van der Waals surface area contributed by atoms with E-state index < -0.39 is 38.6 Å². The molecular formula is C17H15FN2O3S. The number of nitrogens with zero attached hydrogens (tertiary/aromatic N) is 1. The maximum atomic E-state index is 13.2. The Labute approximate surface area is 139 Å². The summed E-state index contributed by atoms with van der Waals surface area (Å²) in [5.41, 5.74) is 0.481. The van der Waals surface area contributed by atoms with Crippen LogP contribution >= 0.6 is 0 Å². The molecule has 7 heteroatoms. The van der Waals surface area contributed by atoms with E-state index in [1.807, 2.05) is 0 Å². The van der Waals surface area contributed by atoms with Gasteiger partial charge in [0.25, 0.3) is 5.91 Å². The third kappa shape index (κ3) is 2.71. The molecule has 1 aliphatic rings. The summed E-state index contributed by atoms with van der Waals surface area (Å²) in [6.45, 7) is 0. The van der Waals surface area contributed by atoms with Gasteiger partial charge in [-0.2, -0.15) is 0 Å². The lowest BCUT2D eigenvalue weighted by Crippen LogP contribution is -2.33. The number of anilines is 1. The van der Waals surface area contributed by atoms with E-state index in [-0.39, 0.29) is 0 Å². The highest BCUT2D eigenvalue weighted by atomic mass is 32.2. The van der Waals surface area contributed by atoms with E-state index in [0.717, 1.165) is 6.26 Å². The van der Waals surface area contributed by atoms with Crippen LogP contribution in [0.15, 0.2) is 54.6 Å². The summed E-state index contributed by atoms with van der Waals surface area (Å²) in [6, 6.07) is 13.0. The molecular weight excluding hydrogens is 331 g/mol. The van der Waals surface area contributed by atoms with Gasteiger partial charge in [0.05, 0.1) is 6.04 Å². The number of halogens is 1. The van der Waals surface area contributed by atoms with Gasteiger partial charge in [-0.05, 0) is 29.8 Å². The van der Waals surface area contributed by atoms with Crippen LogP contribution in [-0.2, 0) is 14.6 Å². The molecule has 1 aliphatic heterocycles. The van der Waals surface area contributed by atoms with Gasteiger partial charge in [-0.1, -0.05) is 30.3 Å². The smallest absolute Gasteiger partial charge is 0.274 e. The van der Waals surface area contributed by atoms with Gasteiger partial charge in [0.1, 0.15) is 16.8 Å². The highest BCUT2D eigenvalue weighted by molar-refractivity contribution is 7.92. The lowest BCUT2D eigenvalue weighted by atomic mass is 10.0.